The van der Waals surface area contributed by atoms with E-state index in [4.69, 9.17) is 0 Å². The summed E-state index contributed by atoms with van der Waals surface area (Å²) in [5, 5.41) is 21.0. The molecule has 0 aliphatic rings. The van der Waals surface area contributed by atoms with Gasteiger partial charge >= 0.3 is 4.87 Å². The second-order valence-electron chi connectivity index (χ2n) is 6.07. The van der Waals surface area contributed by atoms with E-state index in [0.717, 1.165) is 21.6 Å². The van der Waals surface area contributed by atoms with Crippen LogP contribution in [0.1, 0.15) is 17.8 Å². The van der Waals surface area contributed by atoms with Gasteiger partial charge in [-0.3, -0.25) is 19.5 Å². The SMILES string of the molecule is CCc1nnc(NC(=O)CSc2nnc(Cn3c(=O)sc4ccccc43)n2C)s1. The van der Waals surface area contributed by atoms with Gasteiger partial charge < -0.3 is 4.57 Å². The molecule has 1 N–H and O–H groups in total. The first kappa shape index (κ1) is 19.7. The van der Waals surface area contributed by atoms with Crippen molar-refractivity contribution in [3.63, 3.8) is 0 Å². The lowest BCUT2D eigenvalue weighted by atomic mass is 10.3. The number of fused-ring (bicyclic) bond motifs is 1. The molecule has 9 nitrogen and oxygen atoms in total. The molecule has 0 radical (unpaired) electrons. The summed E-state index contributed by atoms with van der Waals surface area (Å²) >= 11 is 3.85. The number of thiazole rings is 1. The van der Waals surface area contributed by atoms with Crippen molar-refractivity contribution in [2.75, 3.05) is 11.1 Å². The zero-order valence-corrected chi connectivity index (χ0v) is 18.1. The molecule has 3 heterocycles. The van der Waals surface area contributed by atoms with E-state index < -0.39 is 0 Å². The number of carbonyl (C=O) groups is 1. The van der Waals surface area contributed by atoms with Crippen molar-refractivity contribution in [2.45, 2.75) is 25.0 Å². The van der Waals surface area contributed by atoms with Crippen molar-refractivity contribution in [1.82, 2.24) is 29.5 Å². The fourth-order valence-corrected chi connectivity index (χ4v) is 4.96. The molecule has 150 valence electrons. The average Bonchev–Trinajstić information content (AvgIpc) is 3.39. The van der Waals surface area contributed by atoms with Crippen LogP contribution in [0, 0.1) is 0 Å². The molecule has 0 saturated heterocycles. The van der Waals surface area contributed by atoms with Crippen LogP contribution in [0.3, 0.4) is 0 Å². The first-order chi connectivity index (χ1) is 14.0. The van der Waals surface area contributed by atoms with E-state index in [1.54, 1.807) is 9.13 Å². The number of carbonyl (C=O) groups excluding carboxylic acids is 1. The smallest absolute Gasteiger partial charge is 0.308 e. The fraction of sp³-hybridized carbons (Fsp3) is 0.294. The van der Waals surface area contributed by atoms with E-state index in [9.17, 15) is 9.59 Å². The predicted octanol–water partition coefficient (Wildman–Crippen LogP) is 2.38. The number of nitrogens with zero attached hydrogens (tertiary/aromatic N) is 6. The number of hydrogen-bond donors (Lipinski definition) is 1. The Morgan fingerprint density at radius 3 is 2.79 bits per heavy atom. The van der Waals surface area contributed by atoms with Crippen LogP contribution < -0.4 is 10.2 Å². The second kappa shape index (κ2) is 8.43. The maximum atomic E-state index is 12.3. The summed E-state index contributed by atoms with van der Waals surface area (Å²) in [7, 11) is 1.83. The summed E-state index contributed by atoms with van der Waals surface area (Å²) in [5.41, 5.74) is 0.877. The van der Waals surface area contributed by atoms with Gasteiger partial charge in [-0.1, -0.05) is 53.5 Å². The highest BCUT2D eigenvalue weighted by Crippen LogP contribution is 2.20. The summed E-state index contributed by atoms with van der Waals surface area (Å²) in [6.07, 6.45) is 0.784. The van der Waals surface area contributed by atoms with E-state index in [2.05, 4.69) is 25.7 Å². The van der Waals surface area contributed by atoms with Gasteiger partial charge in [0.1, 0.15) is 5.01 Å². The van der Waals surface area contributed by atoms with E-state index >= 15 is 0 Å². The molecule has 0 unspecified atom stereocenters. The topological polar surface area (TPSA) is 108 Å². The molecule has 0 saturated carbocycles. The lowest BCUT2D eigenvalue weighted by molar-refractivity contribution is -0.113. The Morgan fingerprint density at radius 1 is 1.17 bits per heavy atom. The number of rotatable bonds is 7. The minimum atomic E-state index is -0.182. The molecule has 4 rings (SSSR count). The van der Waals surface area contributed by atoms with Crippen molar-refractivity contribution in [2.24, 2.45) is 7.05 Å². The number of benzene rings is 1. The van der Waals surface area contributed by atoms with Crippen molar-refractivity contribution in [1.29, 1.82) is 0 Å². The zero-order chi connectivity index (χ0) is 20.4. The standard InChI is InChI=1S/C17H17N7O2S3/c1-3-14-20-21-15(29-14)18-13(25)9-27-16-22-19-12(23(16)2)8-24-10-6-4-5-7-11(10)28-17(24)26/h4-7H,3,8-9H2,1-2H3,(H,18,21,25). The van der Waals surface area contributed by atoms with Crippen LogP contribution in [-0.4, -0.2) is 41.2 Å². The Morgan fingerprint density at radius 2 is 2.00 bits per heavy atom. The van der Waals surface area contributed by atoms with Crippen molar-refractivity contribution in [3.05, 3.63) is 44.8 Å². The van der Waals surface area contributed by atoms with E-state index in [1.165, 1.54) is 34.4 Å². The van der Waals surface area contributed by atoms with Crippen molar-refractivity contribution >= 4 is 55.7 Å². The van der Waals surface area contributed by atoms with Gasteiger partial charge in [0, 0.05) is 7.05 Å². The average molecular weight is 448 g/mol. The molecule has 0 atom stereocenters. The van der Waals surface area contributed by atoms with Crippen LogP contribution >= 0.6 is 34.4 Å². The molecular formula is C17H17N7O2S3. The maximum Gasteiger partial charge on any atom is 0.308 e. The lowest BCUT2D eigenvalue weighted by Crippen LogP contribution is -2.16. The minimum absolute atomic E-state index is 0.0358. The molecule has 3 aromatic heterocycles. The summed E-state index contributed by atoms with van der Waals surface area (Å²) in [6, 6.07) is 7.66. The Bertz CT molecular complexity index is 1220. The lowest BCUT2D eigenvalue weighted by Gasteiger charge is -2.05. The number of para-hydroxylation sites is 1. The van der Waals surface area contributed by atoms with Gasteiger partial charge in [-0.25, -0.2) is 0 Å². The monoisotopic (exact) mass is 447 g/mol. The molecule has 0 aliphatic heterocycles. The number of aromatic nitrogens is 6. The third kappa shape index (κ3) is 4.23. The Kier molecular flexibility index (Phi) is 5.74. The van der Waals surface area contributed by atoms with Gasteiger partial charge in [0.05, 0.1) is 22.5 Å². The quantitative estimate of drug-likeness (QED) is 0.433. The van der Waals surface area contributed by atoms with Crippen molar-refractivity contribution < 1.29 is 4.79 Å². The van der Waals surface area contributed by atoms with Crippen LogP contribution in [0.15, 0.2) is 34.2 Å². The highest BCUT2D eigenvalue weighted by molar-refractivity contribution is 7.99. The third-order valence-corrected chi connectivity index (χ3v) is 7.11. The Balaban J connectivity index is 1.42. The van der Waals surface area contributed by atoms with E-state index in [0.29, 0.717) is 22.7 Å². The Hall–Kier alpha value is -2.57. The number of aryl methyl sites for hydroxylation is 1. The number of nitrogens with one attached hydrogen (secondary N) is 1. The number of thioether (sulfide) groups is 1. The van der Waals surface area contributed by atoms with Gasteiger partial charge in [0.15, 0.2) is 11.0 Å². The molecule has 12 heteroatoms. The molecule has 0 fully saturated rings. The summed E-state index contributed by atoms with van der Waals surface area (Å²) in [4.78, 5) is 24.4. The number of amides is 1. The predicted molar refractivity (Wildman–Crippen MR) is 115 cm³/mol. The van der Waals surface area contributed by atoms with Gasteiger partial charge in [0.2, 0.25) is 11.0 Å². The zero-order valence-electron chi connectivity index (χ0n) is 15.7. The first-order valence-corrected chi connectivity index (χ1v) is 11.4. The first-order valence-electron chi connectivity index (χ1n) is 8.76. The summed E-state index contributed by atoms with van der Waals surface area (Å²) < 4.78 is 4.43. The Labute approximate surface area is 177 Å². The summed E-state index contributed by atoms with van der Waals surface area (Å²) in [6.45, 7) is 2.31. The third-order valence-electron chi connectivity index (χ3n) is 4.15. The molecule has 4 aromatic rings. The highest BCUT2D eigenvalue weighted by Gasteiger charge is 2.15. The van der Waals surface area contributed by atoms with Crippen LogP contribution in [0.4, 0.5) is 5.13 Å². The molecule has 1 aromatic carbocycles. The highest BCUT2D eigenvalue weighted by atomic mass is 32.2. The van der Waals surface area contributed by atoms with Crippen LogP contribution in [0.5, 0.6) is 0 Å². The van der Waals surface area contributed by atoms with Crippen LogP contribution in [0.2, 0.25) is 0 Å². The van der Waals surface area contributed by atoms with Gasteiger partial charge in [-0.05, 0) is 18.6 Å². The molecular weight excluding hydrogens is 430 g/mol. The van der Waals surface area contributed by atoms with Crippen LogP contribution in [-0.2, 0) is 24.8 Å². The normalized spacial score (nSPS) is 11.2. The minimum Gasteiger partial charge on any atom is -0.308 e. The van der Waals surface area contributed by atoms with Gasteiger partial charge in [0.25, 0.3) is 0 Å². The number of anilines is 1. The van der Waals surface area contributed by atoms with Gasteiger partial charge in [-0.2, -0.15) is 0 Å². The fourth-order valence-electron chi connectivity index (χ4n) is 2.65. The second-order valence-corrected chi connectivity index (χ2v) is 9.07. The molecule has 1 amide bonds. The molecule has 29 heavy (non-hydrogen) atoms. The summed E-state index contributed by atoms with van der Waals surface area (Å²) in [5.74, 6) is 0.641. The van der Waals surface area contributed by atoms with E-state index in [1.807, 2.05) is 38.2 Å². The molecule has 0 spiro atoms. The maximum absolute atomic E-state index is 12.3. The molecule has 0 bridgehead atoms. The molecule has 0 aliphatic carbocycles. The van der Waals surface area contributed by atoms with Crippen molar-refractivity contribution in [3.8, 4) is 0 Å². The van der Waals surface area contributed by atoms with E-state index in [-0.39, 0.29) is 16.5 Å². The van der Waals surface area contributed by atoms with Crippen LogP contribution in [0.25, 0.3) is 10.2 Å². The number of hydrogen-bond acceptors (Lipinski definition) is 9. The van der Waals surface area contributed by atoms with Gasteiger partial charge in [-0.15, -0.1) is 20.4 Å². The largest absolute Gasteiger partial charge is 0.308 e.